The quantitative estimate of drug-likeness (QED) is 0.616. The molecule has 2 atom stereocenters. The molecule has 0 saturated carbocycles. The molecule has 3 aromatic rings. The molecule has 28 heavy (non-hydrogen) atoms. The number of anilines is 1. The lowest BCUT2D eigenvalue weighted by atomic mass is 9.87. The maximum absolute atomic E-state index is 5.92. The van der Waals surface area contributed by atoms with Crippen molar-refractivity contribution in [3.63, 3.8) is 0 Å². The van der Waals surface area contributed by atoms with Crippen molar-refractivity contribution in [2.45, 2.75) is 52.2 Å². The highest BCUT2D eigenvalue weighted by atomic mass is 16.5. The second-order valence-electron chi connectivity index (χ2n) is 8.88. The smallest absolute Gasteiger partial charge is 0.162 e. The van der Waals surface area contributed by atoms with Gasteiger partial charge in [0.1, 0.15) is 5.82 Å². The average Bonchev–Trinajstić information content (AvgIpc) is 2.66. The van der Waals surface area contributed by atoms with Gasteiger partial charge in [0, 0.05) is 24.0 Å². The molecule has 1 aromatic heterocycles. The lowest BCUT2D eigenvalue weighted by molar-refractivity contribution is -0.00536. The van der Waals surface area contributed by atoms with Gasteiger partial charge in [-0.1, -0.05) is 57.2 Å². The van der Waals surface area contributed by atoms with Gasteiger partial charge < -0.3 is 9.64 Å². The first-order chi connectivity index (χ1) is 13.3. The van der Waals surface area contributed by atoms with E-state index < -0.39 is 0 Å². The number of ether oxygens (including phenoxy) is 1. The van der Waals surface area contributed by atoms with Crippen molar-refractivity contribution >= 4 is 16.7 Å². The van der Waals surface area contributed by atoms with Crippen LogP contribution in [0.2, 0.25) is 0 Å². The van der Waals surface area contributed by atoms with Gasteiger partial charge in [0.25, 0.3) is 0 Å². The van der Waals surface area contributed by atoms with Gasteiger partial charge >= 0.3 is 0 Å². The summed E-state index contributed by atoms with van der Waals surface area (Å²) < 4.78 is 5.92. The van der Waals surface area contributed by atoms with Crippen LogP contribution in [0.4, 0.5) is 5.82 Å². The molecular weight excluding hydrogens is 346 g/mol. The summed E-state index contributed by atoms with van der Waals surface area (Å²) in [5.74, 6) is 1.78. The Labute approximate surface area is 167 Å². The van der Waals surface area contributed by atoms with E-state index in [0.717, 1.165) is 41.2 Å². The Bertz CT molecular complexity index is 965. The Kier molecular flexibility index (Phi) is 4.84. The zero-order valence-electron chi connectivity index (χ0n) is 17.4. The zero-order chi connectivity index (χ0) is 19.9. The van der Waals surface area contributed by atoms with Crippen molar-refractivity contribution in [2.75, 3.05) is 18.0 Å². The number of hydrogen-bond donors (Lipinski definition) is 0. The van der Waals surface area contributed by atoms with Crippen molar-refractivity contribution in [3.8, 4) is 11.4 Å². The number of fused-ring (bicyclic) bond motifs is 1. The van der Waals surface area contributed by atoms with Crippen molar-refractivity contribution in [1.82, 2.24) is 9.97 Å². The molecule has 0 aliphatic carbocycles. The van der Waals surface area contributed by atoms with Gasteiger partial charge in [0.05, 0.1) is 17.7 Å². The molecule has 1 aliphatic heterocycles. The van der Waals surface area contributed by atoms with E-state index in [1.165, 1.54) is 5.56 Å². The SMILES string of the molecule is CC1CN(c2nc(-c3ccc(C(C)(C)C)cc3)nc3ccccc23)CC(C)O1. The summed E-state index contributed by atoms with van der Waals surface area (Å²) in [7, 11) is 0. The molecule has 0 N–H and O–H groups in total. The van der Waals surface area contributed by atoms with Crippen LogP contribution >= 0.6 is 0 Å². The number of nitrogens with zero attached hydrogens (tertiary/aromatic N) is 3. The largest absolute Gasteiger partial charge is 0.372 e. The van der Waals surface area contributed by atoms with E-state index in [2.05, 4.69) is 82.0 Å². The van der Waals surface area contributed by atoms with Gasteiger partial charge in [0.15, 0.2) is 5.82 Å². The van der Waals surface area contributed by atoms with Crippen LogP contribution < -0.4 is 4.90 Å². The molecule has 4 heteroatoms. The van der Waals surface area contributed by atoms with Gasteiger partial charge in [-0.3, -0.25) is 0 Å². The van der Waals surface area contributed by atoms with Gasteiger partial charge in [-0.25, -0.2) is 9.97 Å². The fourth-order valence-corrected chi connectivity index (χ4v) is 3.90. The zero-order valence-corrected chi connectivity index (χ0v) is 17.4. The van der Waals surface area contributed by atoms with E-state index in [9.17, 15) is 0 Å². The molecule has 2 aromatic carbocycles. The third-order valence-corrected chi connectivity index (χ3v) is 5.31. The molecule has 1 fully saturated rings. The van der Waals surface area contributed by atoms with Crippen molar-refractivity contribution in [3.05, 3.63) is 54.1 Å². The first-order valence-electron chi connectivity index (χ1n) is 10.1. The molecule has 4 nitrogen and oxygen atoms in total. The van der Waals surface area contributed by atoms with E-state index in [1.54, 1.807) is 0 Å². The Morgan fingerprint density at radius 3 is 2.18 bits per heavy atom. The minimum Gasteiger partial charge on any atom is -0.372 e. The molecule has 0 radical (unpaired) electrons. The van der Waals surface area contributed by atoms with Crippen LogP contribution in [0.3, 0.4) is 0 Å². The molecule has 4 rings (SSSR count). The first-order valence-corrected chi connectivity index (χ1v) is 10.1. The number of morpholine rings is 1. The minimum absolute atomic E-state index is 0.133. The standard InChI is InChI=1S/C24H29N3O/c1-16-14-27(15-17(2)28-16)23-20-8-6-7-9-21(20)25-22(26-23)18-10-12-19(13-11-18)24(3,4)5/h6-13,16-17H,14-15H2,1-5H3. The van der Waals surface area contributed by atoms with E-state index >= 15 is 0 Å². The fraction of sp³-hybridized carbons (Fsp3) is 0.417. The fourth-order valence-electron chi connectivity index (χ4n) is 3.90. The number of benzene rings is 2. The third kappa shape index (κ3) is 3.74. The summed E-state index contributed by atoms with van der Waals surface area (Å²) in [5.41, 5.74) is 3.48. The molecule has 2 unspecified atom stereocenters. The highest BCUT2D eigenvalue weighted by molar-refractivity contribution is 5.91. The minimum atomic E-state index is 0.133. The van der Waals surface area contributed by atoms with Crippen LogP contribution in [-0.4, -0.2) is 35.3 Å². The Hall–Kier alpha value is -2.46. The second kappa shape index (κ2) is 7.17. The molecular formula is C24H29N3O. The monoisotopic (exact) mass is 375 g/mol. The maximum Gasteiger partial charge on any atom is 0.162 e. The Morgan fingerprint density at radius 2 is 1.54 bits per heavy atom. The highest BCUT2D eigenvalue weighted by Gasteiger charge is 2.25. The maximum atomic E-state index is 5.92. The van der Waals surface area contributed by atoms with E-state index in [-0.39, 0.29) is 17.6 Å². The summed E-state index contributed by atoms with van der Waals surface area (Å²) in [4.78, 5) is 12.2. The van der Waals surface area contributed by atoms with Crippen LogP contribution in [0.5, 0.6) is 0 Å². The molecule has 0 bridgehead atoms. The second-order valence-corrected chi connectivity index (χ2v) is 8.88. The summed E-state index contributed by atoms with van der Waals surface area (Å²) in [6.07, 6.45) is 0.374. The van der Waals surface area contributed by atoms with E-state index in [0.29, 0.717) is 0 Å². The van der Waals surface area contributed by atoms with Gasteiger partial charge in [-0.15, -0.1) is 0 Å². The molecule has 0 amide bonds. The molecule has 1 saturated heterocycles. The Balaban J connectivity index is 1.80. The van der Waals surface area contributed by atoms with Gasteiger partial charge in [-0.05, 0) is 37.0 Å². The average molecular weight is 376 g/mol. The highest BCUT2D eigenvalue weighted by Crippen LogP contribution is 2.30. The number of para-hydroxylation sites is 1. The van der Waals surface area contributed by atoms with Crippen LogP contribution in [-0.2, 0) is 10.2 Å². The van der Waals surface area contributed by atoms with E-state index in [1.807, 2.05) is 6.07 Å². The lowest BCUT2D eigenvalue weighted by Crippen LogP contribution is -2.46. The first kappa shape index (κ1) is 18.9. The summed E-state index contributed by atoms with van der Waals surface area (Å²) in [6.45, 7) is 12.6. The predicted octanol–water partition coefficient (Wildman–Crippen LogP) is 5.21. The molecule has 146 valence electrons. The van der Waals surface area contributed by atoms with Crippen molar-refractivity contribution in [2.24, 2.45) is 0 Å². The van der Waals surface area contributed by atoms with Crippen molar-refractivity contribution in [1.29, 1.82) is 0 Å². The molecule has 0 spiro atoms. The van der Waals surface area contributed by atoms with Gasteiger partial charge in [-0.2, -0.15) is 0 Å². The topological polar surface area (TPSA) is 38.2 Å². The summed E-state index contributed by atoms with van der Waals surface area (Å²) in [5, 5.41) is 1.10. The number of rotatable bonds is 2. The summed E-state index contributed by atoms with van der Waals surface area (Å²) in [6, 6.07) is 16.9. The molecule has 2 heterocycles. The third-order valence-electron chi connectivity index (χ3n) is 5.31. The van der Waals surface area contributed by atoms with Crippen molar-refractivity contribution < 1.29 is 4.74 Å². The number of aromatic nitrogens is 2. The molecule has 1 aliphatic rings. The Morgan fingerprint density at radius 1 is 0.893 bits per heavy atom. The van der Waals surface area contributed by atoms with Crippen LogP contribution in [0.25, 0.3) is 22.3 Å². The number of hydrogen-bond acceptors (Lipinski definition) is 4. The summed E-state index contributed by atoms with van der Waals surface area (Å²) >= 11 is 0. The lowest BCUT2D eigenvalue weighted by Gasteiger charge is -2.36. The van der Waals surface area contributed by atoms with Crippen LogP contribution in [0.1, 0.15) is 40.2 Å². The normalized spacial score (nSPS) is 20.5. The van der Waals surface area contributed by atoms with Gasteiger partial charge in [0.2, 0.25) is 0 Å². The van der Waals surface area contributed by atoms with Crippen LogP contribution in [0.15, 0.2) is 48.5 Å². The van der Waals surface area contributed by atoms with E-state index in [4.69, 9.17) is 14.7 Å². The predicted molar refractivity (Wildman–Crippen MR) is 116 cm³/mol. The van der Waals surface area contributed by atoms with Crippen LogP contribution in [0, 0.1) is 0 Å².